The SMILES string of the molecule is CCOc1cc(CNCc2ccccc2OC)ccc1OCc1ccccc1Cl. The van der Waals surface area contributed by atoms with Crippen molar-refractivity contribution in [3.05, 3.63) is 88.4 Å². The van der Waals surface area contributed by atoms with Gasteiger partial charge in [0.1, 0.15) is 12.4 Å². The molecule has 3 aromatic rings. The number of hydrogen-bond acceptors (Lipinski definition) is 4. The molecule has 4 nitrogen and oxygen atoms in total. The van der Waals surface area contributed by atoms with E-state index in [1.807, 2.05) is 67.6 Å². The van der Waals surface area contributed by atoms with E-state index in [1.54, 1.807) is 7.11 Å². The molecule has 0 amide bonds. The standard InChI is InChI=1S/C24H26ClNO3/c1-3-28-24-14-18(15-26-16-19-8-5-7-11-22(19)27-2)12-13-23(24)29-17-20-9-4-6-10-21(20)25/h4-14,26H,3,15-17H2,1-2H3. The third kappa shape index (κ3) is 5.89. The third-order valence-electron chi connectivity index (χ3n) is 4.49. The monoisotopic (exact) mass is 411 g/mol. The van der Waals surface area contributed by atoms with Gasteiger partial charge in [-0.1, -0.05) is 54.1 Å². The minimum absolute atomic E-state index is 0.394. The first-order valence-corrected chi connectivity index (χ1v) is 10.0. The summed E-state index contributed by atoms with van der Waals surface area (Å²) in [5.74, 6) is 2.33. The summed E-state index contributed by atoms with van der Waals surface area (Å²) in [6, 6.07) is 21.7. The molecule has 0 heterocycles. The van der Waals surface area contributed by atoms with Gasteiger partial charge in [-0.25, -0.2) is 0 Å². The topological polar surface area (TPSA) is 39.7 Å². The number of ether oxygens (including phenoxy) is 3. The van der Waals surface area contributed by atoms with Crippen LogP contribution in [0.15, 0.2) is 66.7 Å². The van der Waals surface area contributed by atoms with Crippen LogP contribution in [0.25, 0.3) is 0 Å². The lowest BCUT2D eigenvalue weighted by Gasteiger charge is -2.15. The quantitative estimate of drug-likeness (QED) is 0.470. The molecule has 0 bridgehead atoms. The number of hydrogen-bond donors (Lipinski definition) is 1. The lowest BCUT2D eigenvalue weighted by atomic mass is 10.1. The van der Waals surface area contributed by atoms with E-state index in [-0.39, 0.29) is 0 Å². The average Bonchev–Trinajstić information content (AvgIpc) is 2.75. The minimum Gasteiger partial charge on any atom is -0.496 e. The van der Waals surface area contributed by atoms with Crippen LogP contribution in [0.3, 0.4) is 0 Å². The van der Waals surface area contributed by atoms with Crippen LogP contribution in [0.2, 0.25) is 5.02 Å². The van der Waals surface area contributed by atoms with E-state index in [2.05, 4.69) is 11.4 Å². The summed E-state index contributed by atoms with van der Waals surface area (Å²) in [7, 11) is 1.69. The number of benzene rings is 3. The molecule has 0 unspecified atom stereocenters. The van der Waals surface area contributed by atoms with E-state index in [0.29, 0.717) is 30.5 Å². The van der Waals surface area contributed by atoms with Crippen molar-refractivity contribution in [2.24, 2.45) is 0 Å². The van der Waals surface area contributed by atoms with Gasteiger partial charge >= 0.3 is 0 Å². The Balaban J connectivity index is 1.63. The maximum absolute atomic E-state index is 6.22. The molecule has 1 N–H and O–H groups in total. The maximum atomic E-state index is 6.22. The lowest BCUT2D eigenvalue weighted by molar-refractivity contribution is 0.269. The third-order valence-corrected chi connectivity index (χ3v) is 4.85. The van der Waals surface area contributed by atoms with Gasteiger partial charge in [0.25, 0.3) is 0 Å². The van der Waals surface area contributed by atoms with Gasteiger partial charge in [-0.2, -0.15) is 0 Å². The Morgan fingerprint density at radius 1 is 0.793 bits per heavy atom. The van der Waals surface area contributed by atoms with Crippen molar-refractivity contribution >= 4 is 11.6 Å². The van der Waals surface area contributed by atoms with Crippen LogP contribution in [0.5, 0.6) is 17.2 Å². The first-order chi connectivity index (χ1) is 14.2. The van der Waals surface area contributed by atoms with Gasteiger partial charge in [0.2, 0.25) is 0 Å². The highest BCUT2D eigenvalue weighted by atomic mass is 35.5. The number of rotatable bonds is 10. The zero-order chi connectivity index (χ0) is 20.5. The molecule has 152 valence electrons. The molecular formula is C24H26ClNO3. The molecule has 0 aromatic heterocycles. The number of methoxy groups -OCH3 is 1. The second kappa shape index (κ2) is 10.7. The summed E-state index contributed by atoms with van der Waals surface area (Å²) in [5, 5.41) is 4.15. The predicted molar refractivity (Wildman–Crippen MR) is 117 cm³/mol. The predicted octanol–water partition coefficient (Wildman–Crippen LogP) is 5.62. The molecule has 0 atom stereocenters. The molecule has 0 aliphatic heterocycles. The highest BCUT2D eigenvalue weighted by Crippen LogP contribution is 2.30. The summed E-state index contributed by atoms with van der Waals surface area (Å²) in [6.07, 6.45) is 0. The Hall–Kier alpha value is -2.69. The van der Waals surface area contributed by atoms with Crippen LogP contribution in [-0.4, -0.2) is 13.7 Å². The maximum Gasteiger partial charge on any atom is 0.161 e. The summed E-state index contributed by atoms with van der Waals surface area (Å²) in [5.41, 5.74) is 3.19. The highest BCUT2D eigenvalue weighted by Gasteiger charge is 2.09. The van der Waals surface area contributed by atoms with Crippen molar-refractivity contribution in [1.29, 1.82) is 0 Å². The zero-order valence-corrected chi connectivity index (χ0v) is 17.5. The van der Waals surface area contributed by atoms with Gasteiger partial charge in [-0.05, 0) is 36.8 Å². The fraction of sp³-hybridized carbons (Fsp3) is 0.250. The Labute approximate surface area is 177 Å². The van der Waals surface area contributed by atoms with Crippen LogP contribution < -0.4 is 19.5 Å². The van der Waals surface area contributed by atoms with E-state index < -0.39 is 0 Å². The van der Waals surface area contributed by atoms with E-state index in [1.165, 1.54) is 0 Å². The van der Waals surface area contributed by atoms with Gasteiger partial charge in [-0.15, -0.1) is 0 Å². The minimum atomic E-state index is 0.394. The Kier molecular flexibility index (Phi) is 7.79. The fourth-order valence-electron chi connectivity index (χ4n) is 3.01. The number of halogens is 1. The molecule has 0 aliphatic rings. The van der Waals surface area contributed by atoms with Crippen molar-refractivity contribution in [2.45, 2.75) is 26.6 Å². The first-order valence-electron chi connectivity index (χ1n) is 9.65. The zero-order valence-electron chi connectivity index (χ0n) is 16.8. The summed E-state index contributed by atoms with van der Waals surface area (Å²) in [6.45, 7) is 4.36. The van der Waals surface area contributed by atoms with Crippen LogP contribution in [0.1, 0.15) is 23.6 Å². The van der Waals surface area contributed by atoms with Crippen LogP contribution >= 0.6 is 11.6 Å². The molecule has 0 radical (unpaired) electrons. The van der Waals surface area contributed by atoms with E-state index in [4.69, 9.17) is 25.8 Å². The summed E-state index contributed by atoms with van der Waals surface area (Å²) >= 11 is 6.22. The van der Waals surface area contributed by atoms with Crippen LogP contribution in [0, 0.1) is 0 Å². The van der Waals surface area contributed by atoms with Crippen LogP contribution in [0.4, 0.5) is 0 Å². The van der Waals surface area contributed by atoms with E-state index >= 15 is 0 Å². The smallest absolute Gasteiger partial charge is 0.161 e. The van der Waals surface area contributed by atoms with E-state index in [0.717, 1.165) is 34.7 Å². The molecule has 0 spiro atoms. The summed E-state index contributed by atoms with van der Waals surface area (Å²) < 4.78 is 17.2. The average molecular weight is 412 g/mol. The molecule has 3 aromatic carbocycles. The van der Waals surface area contributed by atoms with Crippen molar-refractivity contribution in [2.75, 3.05) is 13.7 Å². The highest BCUT2D eigenvalue weighted by molar-refractivity contribution is 6.31. The Bertz CT molecular complexity index is 930. The second-order valence-corrected chi connectivity index (χ2v) is 6.92. The normalized spacial score (nSPS) is 10.6. The van der Waals surface area contributed by atoms with Crippen molar-refractivity contribution < 1.29 is 14.2 Å². The molecule has 0 fully saturated rings. The van der Waals surface area contributed by atoms with E-state index in [9.17, 15) is 0 Å². The van der Waals surface area contributed by atoms with Crippen molar-refractivity contribution in [3.63, 3.8) is 0 Å². The van der Waals surface area contributed by atoms with Crippen molar-refractivity contribution in [3.8, 4) is 17.2 Å². The molecule has 0 saturated heterocycles. The Morgan fingerprint density at radius 2 is 1.55 bits per heavy atom. The molecule has 29 heavy (non-hydrogen) atoms. The second-order valence-electron chi connectivity index (χ2n) is 6.51. The number of nitrogens with one attached hydrogen (secondary N) is 1. The van der Waals surface area contributed by atoms with Gasteiger partial charge in [0.15, 0.2) is 11.5 Å². The molecule has 0 aliphatic carbocycles. The molecular weight excluding hydrogens is 386 g/mol. The van der Waals surface area contributed by atoms with Gasteiger partial charge in [-0.3, -0.25) is 0 Å². The van der Waals surface area contributed by atoms with Crippen LogP contribution in [-0.2, 0) is 19.7 Å². The first kappa shape index (κ1) is 21.0. The number of para-hydroxylation sites is 1. The summed E-state index contributed by atoms with van der Waals surface area (Å²) in [4.78, 5) is 0. The molecule has 5 heteroatoms. The fourth-order valence-corrected chi connectivity index (χ4v) is 3.20. The van der Waals surface area contributed by atoms with Gasteiger partial charge < -0.3 is 19.5 Å². The molecule has 3 rings (SSSR count). The Morgan fingerprint density at radius 3 is 2.31 bits per heavy atom. The lowest BCUT2D eigenvalue weighted by Crippen LogP contribution is -2.13. The van der Waals surface area contributed by atoms with Gasteiger partial charge in [0.05, 0.1) is 13.7 Å². The van der Waals surface area contributed by atoms with Crippen molar-refractivity contribution in [1.82, 2.24) is 5.32 Å². The van der Waals surface area contributed by atoms with Gasteiger partial charge in [0, 0.05) is 29.2 Å². The largest absolute Gasteiger partial charge is 0.496 e. The molecule has 0 saturated carbocycles.